The van der Waals surface area contributed by atoms with Crippen molar-refractivity contribution in [2.75, 3.05) is 13.7 Å². The van der Waals surface area contributed by atoms with Gasteiger partial charge in [-0.15, -0.1) is 0 Å². The predicted octanol–water partition coefficient (Wildman–Crippen LogP) is 4.92. The van der Waals surface area contributed by atoms with E-state index in [9.17, 15) is 9.90 Å². The number of carbonyl (C=O) groups excluding carboxylic acids is 1. The lowest BCUT2D eigenvalue weighted by molar-refractivity contribution is 0.0360. The Kier molecular flexibility index (Phi) is 9.55. The average molecular weight is 482 g/mol. The lowest BCUT2D eigenvalue weighted by Gasteiger charge is -2.30. The maximum atomic E-state index is 12.6. The van der Waals surface area contributed by atoms with Gasteiger partial charge in [-0.05, 0) is 76.1 Å². The molecule has 1 aliphatic rings. The van der Waals surface area contributed by atoms with Gasteiger partial charge in [0.15, 0.2) is 0 Å². The summed E-state index contributed by atoms with van der Waals surface area (Å²) >= 11 is 0. The third-order valence-corrected chi connectivity index (χ3v) is 5.85. The zero-order valence-corrected chi connectivity index (χ0v) is 21.4. The number of nitrogens with zero attached hydrogens (tertiary/aromatic N) is 2. The van der Waals surface area contributed by atoms with Crippen LogP contribution in [0.3, 0.4) is 0 Å². The van der Waals surface area contributed by atoms with Gasteiger partial charge in [-0.25, -0.2) is 4.79 Å². The van der Waals surface area contributed by atoms with E-state index in [1.54, 1.807) is 7.11 Å². The minimum atomic E-state index is -0.855. The number of benzene rings is 2. The Morgan fingerprint density at radius 1 is 1.06 bits per heavy atom. The molecule has 2 atom stereocenters. The topological polar surface area (TPSA) is 83.4 Å². The van der Waals surface area contributed by atoms with Crippen molar-refractivity contribution < 1.29 is 19.4 Å². The van der Waals surface area contributed by atoms with E-state index in [1.807, 2.05) is 80.4 Å². The number of hydrazone groups is 1. The van der Waals surface area contributed by atoms with Crippen molar-refractivity contribution in [3.05, 3.63) is 65.7 Å². The molecule has 7 nitrogen and oxygen atoms in total. The van der Waals surface area contributed by atoms with Crippen molar-refractivity contribution in [2.45, 2.75) is 77.2 Å². The number of hydrogen-bond donors (Lipinski definition) is 2. The number of methoxy groups -OCH3 is 1. The van der Waals surface area contributed by atoms with Crippen molar-refractivity contribution in [1.29, 1.82) is 0 Å². The van der Waals surface area contributed by atoms with Crippen LogP contribution in [0.25, 0.3) is 0 Å². The van der Waals surface area contributed by atoms with Crippen LogP contribution in [-0.2, 0) is 17.7 Å². The highest BCUT2D eigenvalue weighted by Crippen LogP contribution is 2.19. The molecule has 0 aliphatic heterocycles. The minimum Gasteiger partial charge on any atom is -0.497 e. The Hall–Kier alpha value is -3.06. The second kappa shape index (κ2) is 12.6. The molecule has 1 aliphatic carbocycles. The lowest BCUT2D eigenvalue weighted by atomic mass is 10.0. The van der Waals surface area contributed by atoms with Crippen LogP contribution in [-0.4, -0.2) is 53.3 Å². The van der Waals surface area contributed by atoms with Crippen LogP contribution in [0.1, 0.15) is 57.6 Å². The highest BCUT2D eigenvalue weighted by Gasteiger charge is 2.27. The normalized spacial score (nSPS) is 15.3. The molecule has 1 amide bonds. The first-order valence-corrected chi connectivity index (χ1v) is 12.4. The van der Waals surface area contributed by atoms with E-state index in [4.69, 9.17) is 14.6 Å². The number of nitrogens with one attached hydrogen (secondary N) is 1. The summed E-state index contributed by atoms with van der Waals surface area (Å²) in [5, 5.41) is 21.0. The molecule has 0 saturated heterocycles. The van der Waals surface area contributed by atoms with Crippen molar-refractivity contribution in [1.82, 2.24) is 10.3 Å². The number of amides is 1. The smallest absolute Gasteiger partial charge is 0.407 e. The number of alkyl carbamates (subject to hydrolysis) is 1. The molecule has 1 unspecified atom stereocenters. The minimum absolute atomic E-state index is 0.281. The molecule has 0 spiro atoms. The van der Waals surface area contributed by atoms with Crippen LogP contribution in [0, 0.1) is 0 Å². The summed E-state index contributed by atoms with van der Waals surface area (Å²) in [6.45, 7) is 6.30. The summed E-state index contributed by atoms with van der Waals surface area (Å²) in [5.74, 6) is 0.798. The van der Waals surface area contributed by atoms with Gasteiger partial charge in [-0.3, -0.25) is 5.01 Å². The molecule has 190 valence electrons. The van der Waals surface area contributed by atoms with Gasteiger partial charge in [-0.2, -0.15) is 5.10 Å². The van der Waals surface area contributed by atoms with E-state index in [-0.39, 0.29) is 6.54 Å². The van der Waals surface area contributed by atoms with Gasteiger partial charge in [0.05, 0.1) is 32.3 Å². The van der Waals surface area contributed by atoms with E-state index in [0.29, 0.717) is 13.0 Å². The quantitative estimate of drug-likeness (QED) is 0.471. The Balaban J connectivity index is 1.77. The first-order chi connectivity index (χ1) is 16.7. The Morgan fingerprint density at radius 2 is 1.71 bits per heavy atom. The van der Waals surface area contributed by atoms with Gasteiger partial charge in [0.2, 0.25) is 0 Å². The number of rotatable bonds is 10. The molecular weight excluding hydrogens is 442 g/mol. The zero-order valence-electron chi connectivity index (χ0n) is 21.4. The molecule has 1 fully saturated rings. The van der Waals surface area contributed by atoms with Crippen LogP contribution in [0.2, 0.25) is 0 Å². The van der Waals surface area contributed by atoms with Gasteiger partial charge in [-0.1, -0.05) is 42.5 Å². The highest BCUT2D eigenvalue weighted by molar-refractivity contribution is 5.85. The molecule has 0 bridgehead atoms. The number of aliphatic hydroxyl groups is 1. The molecule has 35 heavy (non-hydrogen) atoms. The molecule has 3 rings (SSSR count). The molecule has 0 heterocycles. The van der Waals surface area contributed by atoms with Crippen LogP contribution in [0.15, 0.2) is 59.7 Å². The van der Waals surface area contributed by atoms with Gasteiger partial charge in [0.1, 0.15) is 11.4 Å². The van der Waals surface area contributed by atoms with Gasteiger partial charge in [0.25, 0.3) is 0 Å². The van der Waals surface area contributed by atoms with E-state index in [2.05, 4.69) is 5.32 Å². The molecule has 0 radical (unpaired) electrons. The standard InChI is InChI=1S/C28H39N3O4/c1-28(2,3)35-27(33)29-25(18-21-10-6-5-7-11-21)26(32)20-31(30-23-12-8-9-13-23)19-22-14-16-24(34-4)17-15-22/h5-7,10-11,14-17,25-26,32H,8-9,12-13,18-20H2,1-4H3,(H,29,33)/t25-,26?/m0/s1. The van der Waals surface area contributed by atoms with E-state index in [1.165, 1.54) is 0 Å². The summed E-state index contributed by atoms with van der Waals surface area (Å²) in [6.07, 6.45) is 3.35. The maximum absolute atomic E-state index is 12.6. The third kappa shape index (κ3) is 9.25. The monoisotopic (exact) mass is 481 g/mol. The first-order valence-electron chi connectivity index (χ1n) is 12.4. The van der Waals surface area contributed by atoms with Crippen molar-refractivity contribution in [3.8, 4) is 5.75 Å². The number of hydrogen-bond acceptors (Lipinski definition) is 6. The van der Waals surface area contributed by atoms with Crippen molar-refractivity contribution in [3.63, 3.8) is 0 Å². The fourth-order valence-corrected chi connectivity index (χ4v) is 4.12. The summed E-state index contributed by atoms with van der Waals surface area (Å²) in [5.41, 5.74) is 2.63. The number of carbonyl (C=O) groups is 1. The number of ether oxygens (including phenoxy) is 2. The first kappa shape index (κ1) is 26.5. The zero-order chi connectivity index (χ0) is 25.3. The molecule has 2 N–H and O–H groups in total. The van der Waals surface area contributed by atoms with Crippen LogP contribution in [0.5, 0.6) is 5.75 Å². The molecule has 2 aromatic carbocycles. The molecule has 1 saturated carbocycles. The summed E-state index contributed by atoms with van der Waals surface area (Å²) in [6, 6.07) is 17.2. The maximum Gasteiger partial charge on any atom is 0.407 e. The van der Waals surface area contributed by atoms with Gasteiger partial charge >= 0.3 is 6.09 Å². The van der Waals surface area contributed by atoms with Gasteiger partial charge < -0.3 is 19.9 Å². The Labute approximate surface area is 209 Å². The Morgan fingerprint density at radius 3 is 2.31 bits per heavy atom. The van der Waals surface area contributed by atoms with Crippen LogP contribution in [0.4, 0.5) is 4.79 Å². The van der Waals surface area contributed by atoms with E-state index < -0.39 is 23.8 Å². The van der Waals surface area contributed by atoms with Crippen molar-refractivity contribution >= 4 is 11.8 Å². The van der Waals surface area contributed by atoms with E-state index >= 15 is 0 Å². The molecule has 0 aromatic heterocycles. The summed E-state index contributed by atoms with van der Waals surface area (Å²) < 4.78 is 10.7. The highest BCUT2D eigenvalue weighted by atomic mass is 16.6. The summed E-state index contributed by atoms with van der Waals surface area (Å²) in [4.78, 5) is 12.6. The second-order valence-electron chi connectivity index (χ2n) is 10.1. The summed E-state index contributed by atoms with van der Waals surface area (Å²) in [7, 11) is 1.65. The third-order valence-electron chi connectivity index (χ3n) is 5.85. The second-order valence-corrected chi connectivity index (χ2v) is 10.1. The van der Waals surface area contributed by atoms with Crippen molar-refractivity contribution in [2.24, 2.45) is 5.10 Å². The molecular formula is C28H39N3O4. The fraction of sp³-hybridized carbons (Fsp3) is 0.500. The number of aliphatic hydroxyl groups excluding tert-OH is 1. The van der Waals surface area contributed by atoms with Crippen LogP contribution < -0.4 is 10.1 Å². The molecule has 2 aromatic rings. The van der Waals surface area contributed by atoms with Crippen LogP contribution >= 0.6 is 0 Å². The lowest BCUT2D eigenvalue weighted by Crippen LogP contribution is -2.50. The fourth-order valence-electron chi connectivity index (χ4n) is 4.12. The largest absolute Gasteiger partial charge is 0.497 e. The van der Waals surface area contributed by atoms with E-state index in [0.717, 1.165) is 48.3 Å². The van der Waals surface area contributed by atoms with Gasteiger partial charge in [0, 0.05) is 5.71 Å². The SMILES string of the molecule is COc1ccc(CN(CC(O)[C@H](Cc2ccccc2)NC(=O)OC(C)(C)C)N=C2CCCC2)cc1. The average Bonchev–Trinajstić information content (AvgIpc) is 3.31. The predicted molar refractivity (Wildman–Crippen MR) is 139 cm³/mol. The Bertz CT molecular complexity index is 946. The molecule has 7 heteroatoms.